The molecule has 0 atom stereocenters. The molecular formula is C21H22BrN3O2. The van der Waals surface area contributed by atoms with Crippen LogP contribution in [0.15, 0.2) is 65.3 Å². The molecule has 0 fully saturated rings. The molecule has 1 amide bonds. The molecule has 0 spiro atoms. The van der Waals surface area contributed by atoms with Gasteiger partial charge in [0.15, 0.2) is 0 Å². The highest BCUT2D eigenvalue weighted by Gasteiger charge is 2.06. The van der Waals surface area contributed by atoms with Gasteiger partial charge in [0, 0.05) is 29.3 Å². The predicted molar refractivity (Wildman–Crippen MR) is 109 cm³/mol. The first kappa shape index (κ1) is 19.2. The zero-order chi connectivity index (χ0) is 19.1. The standard InChI is InChI=1S/C21H22BrN3O2/c1-16-10-13-25(24-16)12-3-11-23-21(26)18-5-2-4-17(14-18)15-27-20-8-6-19(22)7-9-20/h2,4-10,13-14H,3,11-12,15H2,1H3,(H,23,26). The first-order valence-electron chi connectivity index (χ1n) is 8.86. The van der Waals surface area contributed by atoms with Gasteiger partial charge in [0.1, 0.15) is 12.4 Å². The molecule has 3 aromatic rings. The van der Waals surface area contributed by atoms with Crippen LogP contribution >= 0.6 is 15.9 Å². The van der Waals surface area contributed by atoms with Crippen molar-refractivity contribution in [3.05, 3.63) is 82.1 Å². The fourth-order valence-electron chi connectivity index (χ4n) is 2.63. The number of carbonyl (C=O) groups excluding carboxylic acids is 1. The van der Waals surface area contributed by atoms with E-state index in [0.717, 1.165) is 34.4 Å². The molecule has 1 aromatic heterocycles. The van der Waals surface area contributed by atoms with Gasteiger partial charge in [-0.2, -0.15) is 5.10 Å². The predicted octanol–water partition coefficient (Wildman–Crippen LogP) is 4.35. The van der Waals surface area contributed by atoms with Crippen LogP contribution in [-0.2, 0) is 13.2 Å². The van der Waals surface area contributed by atoms with E-state index in [2.05, 4.69) is 26.3 Å². The van der Waals surface area contributed by atoms with Crippen LogP contribution in [0.3, 0.4) is 0 Å². The van der Waals surface area contributed by atoms with Crippen molar-refractivity contribution in [2.24, 2.45) is 0 Å². The number of ether oxygens (including phenoxy) is 1. The fraction of sp³-hybridized carbons (Fsp3) is 0.238. The number of halogens is 1. The Morgan fingerprint density at radius 1 is 1.19 bits per heavy atom. The van der Waals surface area contributed by atoms with Gasteiger partial charge in [-0.25, -0.2) is 0 Å². The summed E-state index contributed by atoms with van der Waals surface area (Å²) in [4.78, 5) is 12.3. The topological polar surface area (TPSA) is 56.2 Å². The molecule has 0 unspecified atom stereocenters. The van der Waals surface area contributed by atoms with Gasteiger partial charge in [0.2, 0.25) is 0 Å². The van der Waals surface area contributed by atoms with E-state index in [1.54, 1.807) is 0 Å². The average Bonchev–Trinajstić information content (AvgIpc) is 3.10. The van der Waals surface area contributed by atoms with E-state index in [0.29, 0.717) is 18.7 Å². The van der Waals surface area contributed by atoms with E-state index in [1.807, 2.05) is 72.4 Å². The summed E-state index contributed by atoms with van der Waals surface area (Å²) < 4.78 is 8.67. The van der Waals surface area contributed by atoms with E-state index >= 15 is 0 Å². The second kappa shape index (κ2) is 9.37. The molecule has 5 nitrogen and oxygen atoms in total. The SMILES string of the molecule is Cc1ccn(CCCNC(=O)c2cccc(COc3ccc(Br)cc3)c2)n1. The number of nitrogens with one attached hydrogen (secondary N) is 1. The van der Waals surface area contributed by atoms with Crippen LogP contribution in [-0.4, -0.2) is 22.2 Å². The van der Waals surface area contributed by atoms with Gasteiger partial charge < -0.3 is 10.1 Å². The first-order valence-corrected chi connectivity index (χ1v) is 9.65. The molecule has 1 N–H and O–H groups in total. The minimum Gasteiger partial charge on any atom is -0.489 e. The Morgan fingerprint density at radius 3 is 2.74 bits per heavy atom. The van der Waals surface area contributed by atoms with Crippen molar-refractivity contribution in [2.45, 2.75) is 26.5 Å². The number of aryl methyl sites for hydroxylation is 2. The molecule has 0 aliphatic heterocycles. The molecule has 0 saturated carbocycles. The van der Waals surface area contributed by atoms with Crippen LogP contribution in [0.5, 0.6) is 5.75 Å². The largest absolute Gasteiger partial charge is 0.489 e. The highest BCUT2D eigenvalue weighted by molar-refractivity contribution is 9.10. The lowest BCUT2D eigenvalue weighted by atomic mass is 10.1. The van der Waals surface area contributed by atoms with E-state index in [1.165, 1.54) is 0 Å². The van der Waals surface area contributed by atoms with Crippen molar-refractivity contribution in [3.8, 4) is 5.75 Å². The zero-order valence-electron chi connectivity index (χ0n) is 15.2. The van der Waals surface area contributed by atoms with Crippen molar-refractivity contribution < 1.29 is 9.53 Å². The maximum Gasteiger partial charge on any atom is 0.251 e. The molecule has 140 valence electrons. The number of nitrogens with zero attached hydrogens (tertiary/aromatic N) is 2. The van der Waals surface area contributed by atoms with Crippen LogP contribution in [0.2, 0.25) is 0 Å². The third kappa shape index (κ3) is 5.96. The van der Waals surface area contributed by atoms with Crippen molar-refractivity contribution in [1.29, 1.82) is 0 Å². The molecule has 3 rings (SSSR count). The Balaban J connectivity index is 1.47. The van der Waals surface area contributed by atoms with Crippen molar-refractivity contribution in [2.75, 3.05) is 6.54 Å². The second-order valence-electron chi connectivity index (χ2n) is 6.27. The first-order chi connectivity index (χ1) is 13.1. The number of carbonyl (C=O) groups is 1. The third-order valence-electron chi connectivity index (χ3n) is 4.03. The van der Waals surface area contributed by atoms with Gasteiger partial charge in [-0.1, -0.05) is 28.1 Å². The molecular weight excluding hydrogens is 406 g/mol. The zero-order valence-corrected chi connectivity index (χ0v) is 16.8. The molecule has 27 heavy (non-hydrogen) atoms. The van der Waals surface area contributed by atoms with Crippen LogP contribution in [0, 0.1) is 6.92 Å². The quantitative estimate of drug-likeness (QED) is 0.543. The minimum atomic E-state index is -0.0721. The molecule has 0 radical (unpaired) electrons. The van der Waals surface area contributed by atoms with Gasteiger partial charge in [0.25, 0.3) is 5.91 Å². The lowest BCUT2D eigenvalue weighted by molar-refractivity contribution is 0.0952. The smallest absolute Gasteiger partial charge is 0.251 e. The van der Waals surface area contributed by atoms with Gasteiger partial charge in [0.05, 0.1) is 5.69 Å². The Hall–Kier alpha value is -2.60. The summed E-state index contributed by atoms with van der Waals surface area (Å²) in [6.45, 7) is 3.78. The number of hydrogen-bond acceptors (Lipinski definition) is 3. The van der Waals surface area contributed by atoms with Crippen LogP contribution < -0.4 is 10.1 Å². The lowest BCUT2D eigenvalue weighted by Crippen LogP contribution is -2.25. The van der Waals surface area contributed by atoms with Gasteiger partial charge >= 0.3 is 0 Å². The summed E-state index contributed by atoms with van der Waals surface area (Å²) in [5.41, 5.74) is 2.60. The fourth-order valence-corrected chi connectivity index (χ4v) is 2.90. The Labute approximate surface area is 167 Å². The van der Waals surface area contributed by atoms with E-state index < -0.39 is 0 Å². The van der Waals surface area contributed by atoms with Crippen LogP contribution in [0.1, 0.15) is 28.0 Å². The summed E-state index contributed by atoms with van der Waals surface area (Å²) >= 11 is 3.40. The molecule has 6 heteroatoms. The summed E-state index contributed by atoms with van der Waals surface area (Å²) in [5.74, 6) is 0.721. The molecule has 1 heterocycles. The summed E-state index contributed by atoms with van der Waals surface area (Å²) in [5, 5.41) is 7.29. The number of amides is 1. The summed E-state index contributed by atoms with van der Waals surface area (Å²) in [6.07, 6.45) is 2.78. The van der Waals surface area contributed by atoms with E-state index in [9.17, 15) is 4.79 Å². The van der Waals surface area contributed by atoms with Crippen LogP contribution in [0.4, 0.5) is 0 Å². The number of rotatable bonds is 8. The maximum atomic E-state index is 12.3. The van der Waals surface area contributed by atoms with E-state index in [-0.39, 0.29) is 5.91 Å². The Kier molecular flexibility index (Phi) is 6.65. The minimum absolute atomic E-state index is 0.0721. The van der Waals surface area contributed by atoms with E-state index in [4.69, 9.17) is 4.74 Å². The van der Waals surface area contributed by atoms with Gasteiger partial charge in [-0.3, -0.25) is 9.48 Å². The van der Waals surface area contributed by atoms with Gasteiger partial charge in [-0.15, -0.1) is 0 Å². The highest BCUT2D eigenvalue weighted by atomic mass is 79.9. The number of hydrogen-bond donors (Lipinski definition) is 1. The molecule has 0 aliphatic carbocycles. The molecule has 0 aliphatic rings. The number of aromatic nitrogens is 2. The van der Waals surface area contributed by atoms with Crippen molar-refractivity contribution in [1.82, 2.24) is 15.1 Å². The second-order valence-corrected chi connectivity index (χ2v) is 7.19. The summed E-state index contributed by atoms with van der Waals surface area (Å²) in [6, 6.07) is 17.2. The molecule has 2 aromatic carbocycles. The Morgan fingerprint density at radius 2 is 2.00 bits per heavy atom. The third-order valence-corrected chi connectivity index (χ3v) is 4.56. The highest BCUT2D eigenvalue weighted by Crippen LogP contribution is 2.17. The van der Waals surface area contributed by atoms with Crippen molar-refractivity contribution in [3.63, 3.8) is 0 Å². The lowest BCUT2D eigenvalue weighted by Gasteiger charge is -2.09. The van der Waals surface area contributed by atoms with Crippen molar-refractivity contribution >= 4 is 21.8 Å². The van der Waals surface area contributed by atoms with Crippen LogP contribution in [0.25, 0.3) is 0 Å². The summed E-state index contributed by atoms with van der Waals surface area (Å²) in [7, 11) is 0. The average molecular weight is 428 g/mol. The normalized spacial score (nSPS) is 10.6. The number of benzene rings is 2. The monoisotopic (exact) mass is 427 g/mol. The molecule has 0 saturated heterocycles. The maximum absolute atomic E-state index is 12.3. The van der Waals surface area contributed by atoms with Gasteiger partial charge in [-0.05, 0) is 61.4 Å². The Bertz CT molecular complexity index is 890. The molecule has 0 bridgehead atoms.